The smallest absolute Gasteiger partial charge is 0.321 e. The maximum Gasteiger partial charge on any atom is 0.321 e. The number of nitrogens with zero attached hydrogens (tertiary/aromatic N) is 3. The van der Waals surface area contributed by atoms with Crippen molar-refractivity contribution in [1.82, 2.24) is 46.8 Å². The Labute approximate surface area is 735 Å². The molecule has 1 aromatic rings. The minimum absolute atomic E-state index is 0.0127. The van der Waals surface area contributed by atoms with Gasteiger partial charge in [-0.1, -0.05) is 0 Å². The molecule has 17 atom stereocenters. The molecule has 4 rings (SSSR count). The monoisotopic (exact) mass is 1830 g/mol. The van der Waals surface area contributed by atoms with Crippen molar-refractivity contribution in [2.75, 3.05) is 119 Å². The minimum Gasteiger partial charge on any atom is -0.463 e. The number of benzene rings is 1. The van der Waals surface area contributed by atoms with Gasteiger partial charge in [0, 0.05) is 127 Å². The molecule has 3 saturated heterocycles. The fourth-order valence-electron chi connectivity index (χ4n) is 12.8. The summed E-state index contributed by atoms with van der Waals surface area (Å²) in [6, 6.07) is 2.29. The van der Waals surface area contributed by atoms with Crippen molar-refractivity contribution < 1.29 is 176 Å². The number of hydrogen-bond acceptors (Lipinski definition) is 39. The molecule has 1 aromatic carbocycles. The summed E-state index contributed by atoms with van der Waals surface area (Å²) in [7, 11) is -1.78. The van der Waals surface area contributed by atoms with Crippen molar-refractivity contribution in [2.24, 2.45) is 0 Å². The van der Waals surface area contributed by atoms with E-state index in [1.165, 1.54) is 24.3 Å². The van der Waals surface area contributed by atoms with Crippen molar-refractivity contribution in [3.63, 3.8) is 0 Å². The minimum atomic E-state index is -1.78. The Balaban J connectivity index is 1.60. The Hall–Kier alpha value is -10.5. The number of nitrogens with one attached hydrogen (secondary N) is 7. The molecule has 3 fully saturated rings. The molecule has 0 radical (unpaired) electrons. The third-order valence-corrected chi connectivity index (χ3v) is 19.7. The van der Waals surface area contributed by atoms with Crippen molar-refractivity contribution in [2.45, 2.75) is 240 Å². The van der Waals surface area contributed by atoms with Crippen LogP contribution in [0.5, 0.6) is 5.75 Å². The number of hydrogen-bond donors (Lipinski definition) is 7. The summed E-state index contributed by atoms with van der Waals surface area (Å²) < 4.78 is 116. The van der Waals surface area contributed by atoms with Crippen molar-refractivity contribution in [1.29, 1.82) is 5.26 Å². The van der Waals surface area contributed by atoms with Crippen LogP contribution in [0, 0.1) is 11.3 Å². The Morgan fingerprint density at radius 3 is 1.09 bits per heavy atom. The summed E-state index contributed by atoms with van der Waals surface area (Å²) in [6.45, 7) is 15.1. The fraction of sp³-hybridized carbons (Fsp3) is 0.696. The van der Waals surface area contributed by atoms with E-state index in [9.17, 15) is 86.8 Å². The summed E-state index contributed by atoms with van der Waals surface area (Å²) in [5.74, 6) is -13.0. The normalized spacial score (nSPS) is 22.3. The summed E-state index contributed by atoms with van der Waals surface area (Å²) >= 11 is 0. The van der Waals surface area contributed by atoms with Gasteiger partial charge in [0.15, 0.2) is 55.5 Å². The molecule has 47 nitrogen and oxygen atoms in total. The highest BCUT2D eigenvalue weighted by Crippen LogP contribution is 2.46. The second kappa shape index (κ2) is 57.3. The maximum atomic E-state index is 14.6. The number of nitriles is 1. The lowest BCUT2D eigenvalue weighted by molar-refractivity contribution is -0.279. The molecular weight excluding hydrogens is 1710 g/mol. The second-order valence-electron chi connectivity index (χ2n) is 29.1. The maximum absolute atomic E-state index is 14.6. The summed E-state index contributed by atoms with van der Waals surface area (Å²) in [6.07, 6.45) is -17.6. The average Bonchev–Trinajstić information content (AvgIpc) is 0.793. The number of amides is 8. The van der Waals surface area contributed by atoms with E-state index in [1.54, 1.807) is 0 Å². The zero-order chi connectivity index (χ0) is 94.6. The Morgan fingerprint density at radius 2 is 0.772 bits per heavy atom. The van der Waals surface area contributed by atoms with E-state index in [-0.39, 0.29) is 116 Å². The first-order chi connectivity index (χ1) is 60.1. The standard InChI is InChI=1S/C79H119N10O37P/c1-43(2)89(44(3)4)127(116-28-17-24-80)126-58-20-18-57(19-21-58)75(105)87-59(76(106)83-27-31-109-34-37-112-79-68(86-47(7)92)74(122-56(16)101)71(119-53(13)98)62(125-79)42-115-50(10)95)22-23-65(104)88(38-63(102)81-25-29-107-32-35-110-77-66(84-45(5)90)72(120-54(14)99)69(117-51(11)96)60(123-77)40-113-48(8)93)39-64(103)82-26-30-108-33-36-111-78-67(85-46(6)91)73(121-55(15)100)70(118-52(12)97)61(124-78)41-114-49(9)94/h18-21,43-44,59-62,66-74,77-79H,17,22-23,25-42H2,1-16H3,(H,81,102)(H,82,103)(H,83,106)(H,84,90)(H,85,91)(H,86,92)(H,87,105). The molecule has 3 heterocycles. The number of carbonyl (C=O) groups is 17. The lowest BCUT2D eigenvalue weighted by Gasteiger charge is -2.44. The quantitative estimate of drug-likeness (QED) is 0.0168. The number of carbonyl (C=O) groups excluding carboxylic acids is 17. The molecule has 8 amide bonds. The highest BCUT2D eigenvalue weighted by atomic mass is 31.2. The molecule has 0 aromatic heterocycles. The van der Waals surface area contributed by atoms with E-state index < -0.39 is 253 Å². The van der Waals surface area contributed by atoms with Crippen LogP contribution >= 0.6 is 8.53 Å². The third kappa shape index (κ3) is 41.0. The molecule has 7 N–H and O–H groups in total. The zero-order valence-corrected chi connectivity index (χ0v) is 74.8. The van der Waals surface area contributed by atoms with E-state index in [0.29, 0.717) is 0 Å². The first-order valence-corrected chi connectivity index (χ1v) is 41.8. The molecule has 127 heavy (non-hydrogen) atoms. The SMILES string of the molecule is CC(=O)NC1C(OCCOCCNC(=O)CN(CC(=O)NCCOCCOC2OC(COC(C)=O)C(OC(C)=O)C(OC(C)=O)C2NC(C)=O)C(=O)CCC(NC(=O)c2ccc(OP(OCCC#N)N(C(C)C)C(C)C)cc2)C(=O)NCCOCCOC2OC(COC(C)=O)C(OC(C)=O)C(OC(C)=O)C2NC(C)=O)OC(COC(C)=O)C(OC(C)=O)C1OC(C)=O. The summed E-state index contributed by atoms with van der Waals surface area (Å²) in [5.41, 5.74) is 0.0127. The number of esters is 9. The Bertz CT molecular complexity index is 3730. The predicted molar refractivity (Wildman–Crippen MR) is 431 cm³/mol. The van der Waals surface area contributed by atoms with E-state index in [1.807, 2.05) is 38.4 Å². The summed E-state index contributed by atoms with van der Waals surface area (Å²) in [4.78, 5) is 219. The van der Waals surface area contributed by atoms with Crippen LogP contribution in [0.1, 0.15) is 140 Å². The van der Waals surface area contributed by atoms with Crippen LogP contribution in [0.3, 0.4) is 0 Å². The van der Waals surface area contributed by atoms with Gasteiger partial charge in [-0.15, -0.1) is 0 Å². The van der Waals surface area contributed by atoms with E-state index in [2.05, 4.69) is 37.2 Å². The predicted octanol–water partition coefficient (Wildman–Crippen LogP) is -1.53. The summed E-state index contributed by atoms with van der Waals surface area (Å²) in [5, 5.41) is 27.5. The largest absolute Gasteiger partial charge is 0.463 e. The van der Waals surface area contributed by atoms with Crippen LogP contribution in [0.2, 0.25) is 0 Å². The zero-order valence-electron chi connectivity index (χ0n) is 73.9. The highest BCUT2D eigenvalue weighted by Gasteiger charge is 2.55. The van der Waals surface area contributed by atoms with Crippen LogP contribution in [-0.4, -0.2) is 339 Å². The molecule has 712 valence electrons. The van der Waals surface area contributed by atoms with Gasteiger partial charge in [-0.05, 0) is 58.4 Å². The molecular formula is C79H119N10O37P. The molecule has 48 heteroatoms. The number of ether oxygens (including phenoxy) is 18. The van der Waals surface area contributed by atoms with Gasteiger partial charge in [-0.25, -0.2) is 4.67 Å². The molecule has 0 spiro atoms. The first kappa shape index (κ1) is 109. The van der Waals surface area contributed by atoms with Gasteiger partial charge in [-0.3, -0.25) is 81.5 Å². The number of rotatable bonds is 54. The Kier molecular flexibility index (Phi) is 49.1. The molecule has 0 saturated carbocycles. The third-order valence-electron chi connectivity index (χ3n) is 17.7. The van der Waals surface area contributed by atoms with Gasteiger partial charge in [0.25, 0.3) is 5.91 Å². The Morgan fingerprint density at radius 1 is 0.433 bits per heavy atom. The van der Waals surface area contributed by atoms with Gasteiger partial charge >= 0.3 is 62.2 Å². The van der Waals surface area contributed by atoms with Gasteiger partial charge in [0.2, 0.25) is 41.4 Å². The average molecular weight is 1830 g/mol. The molecule has 0 bridgehead atoms. The van der Waals surface area contributed by atoms with Crippen LogP contribution in [0.25, 0.3) is 0 Å². The van der Waals surface area contributed by atoms with E-state index >= 15 is 0 Å². The van der Waals surface area contributed by atoms with Gasteiger partial charge in [0.05, 0.1) is 78.6 Å². The van der Waals surface area contributed by atoms with Crippen LogP contribution in [-0.2, 0) is 166 Å². The van der Waals surface area contributed by atoms with Crippen LogP contribution < -0.4 is 41.7 Å². The molecule has 0 aliphatic carbocycles. The van der Waals surface area contributed by atoms with Crippen molar-refractivity contribution in [3.05, 3.63) is 29.8 Å². The van der Waals surface area contributed by atoms with Crippen LogP contribution in [0.15, 0.2) is 24.3 Å². The van der Waals surface area contributed by atoms with Crippen molar-refractivity contribution in [3.8, 4) is 11.8 Å². The molecule has 3 aliphatic rings. The second-order valence-corrected chi connectivity index (χ2v) is 30.5. The lowest BCUT2D eigenvalue weighted by atomic mass is 9.96. The van der Waals surface area contributed by atoms with Gasteiger partial charge in [-0.2, -0.15) is 5.26 Å². The van der Waals surface area contributed by atoms with Gasteiger partial charge in [0.1, 0.15) is 81.1 Å². The first-order valence-electron chi connectivity index (χ1n) is 40.6. The lowest BCUT2D eigenvalue weighted by Crippen LogP contribution is -2.66. The van der Waals surface area contributed by atoms with Crippen LogP contribution in [0.4, 0.5) is 0 Å². The molecule has 3 aliphatic heterocycles. The fourth-order valence-corrected chi connectivity index (χ4v) is 14.4. The van der Waals surface area contributed by atoms with E-state index in [4.69, 9.17) is 94.3 Å². The topological polar surface area (TPSA) is 589 Å². The highest BCUT2D eigenvalue weighted by molar-refractivity contribution is 7.45. The van der Waals surface area contributed by atoms with Gasteiger partial charge < -0.3 is 136 Å². The van der Waals surface area contributed by atoms with E-state index in [0.717, 1.165) is 88.0 Å². The molecule has 17 unspecified atom stereocenters. The van der Waals surface area contributed by atoms with Crippen molar-refractivity contribution >= 4 is 110 Å².